The van der Waals surface area contributed by atoms with Crippen molar-refractivity contribution in [3.05, 3.63) is 53.2 Å². The summed E-state index contributed by atoms with van der Waals surface area (Å²) in [5.74, 6) is 0.815. The number of nitrogens with zero attached hydrogens (tertiary/aromatic N) is 3. The normalized spacial score (nSPS) is 11.4. The molecule has 33 heavy (non-hydrogen) atoms. The third kappa shape index (κ3) is 5.38. The molecule has 0 spiro atoms. The van der Waals surface area contributed by atoms with Gasteiger partial charge < -0.3 is 24.1 Å². The molecular formula is C23H23FN4O5. The number of ether oxygens (including phenoxy) is 3. The summed E-state index contributed by atoms with van der Waals surface area (Å²) < 4.78 is 34.8. The molecule has 0 saturated carbocycles. The number of carbonyl (C=O) groups is 1. The quantitative estimate of drug-likeness (QED) is 0.522. The molecule has 1 unspecified atom stereocenters. The Bertz CT molecular complexity index is 1160. The molecule has 1 atom stereocenters. The van der Waals surface area contributed by atoms with Gasteiger partial charge in [-0.05, 0) is 36.2 Å². The van der Waals surface area contributed by atoms with Crippen molar-refractivity contribution in [1.82, 2.24) is 15.5 Å². The van der Waals surface area contributed by atoms with E-state index < -0.39 is 11.9 Å². The van der Waals surface area contributed by atoms with Crippen molar-refractivity contribution in [1.29, 1.82) is 5.26 Å². The van der Waals surface area contributed by atoms with Gasteiger partial charge in [0.05, 0.1) is 27.4 Å². The minimum absolute atomic E-state index is 0.00645. The molecule has 0 fully saturated rings. The number of rotatable bonds is 9. The Hall–Kier alpha value is -4.13. The van der Waals surface area contributed by atoms with Gasteiger partial charge in [0.1, 0.15) is 11.9 Å². The predicted molar refractivity (Wildman–Crippen MR) is 115 cm³/mol. The Balaban J connectivity index is 1.66. The van der Waals surface area contributed by atoms with E-state index in [1.54, 1.807) is 31.2 Å². The summed E-state index contributed by atoms with van der Waals surface area (Å²) >= 11 is 0. The molecule has 1 heterocycles. The van der Waals surface area contributed by atoms with E-state index in [4.69, 9.17) is 18.7 Å². The molecule has 3 aromatic rings. The first-order valence-electron chi connectivity index (χ1n) is 9.98. The van der Waals surface area contributed by atoms with Gasteiger partial charge in [-0.15, -0.1) is 0 Å². The number of halogens is 1. The van der Waals surface area contributed by atoms with E-state index in [1.807, 2.05) is 0 Å². The molecule has 1 amide bonds. The second-order valence-corrected chi connectivity index (χ2v) is 7.06. The highest BCUT2D eigenvalue weighted by Gasteiger charge is 2.21. The molecule has 10 heteroatoms. The van der Waals surface area contributed by atoms with E-state index in [0.717, 1.165) is 0 Å². The zero-order valence-corrected chi connectivity index (χ0v) is 18.6. The van der Waals surface area contributed by atoms with E-state index >= 15 is 0 Å². The smallest absolute Gasteiger partial charge is 0.227 e. The molecule has 0 aliphatic carbocycles. The van der Waals surface area contributed by atoms with Gasteiger partial charge in [0.2, 0.25) is 23.4 Å². The van der Waals surface area contributed by atoms with Crippen molar-refractivity contribution < 1.29 is 27.9 Å². The van der Waals surface area contributed by atoms with Crippen LogP contribution in [0.3, 0.4) is 0 Å². The van der Waals surface area contributed by atoms with Crippen molar-refractivity contribution in [2.24, 2.45) is 0 Å². The lowest BCUT2D eigenvalue weighted by atomic mass is 10.1. The first-order valence-corrected chi connectivity index (χ1v) is 9.98. The number of benzene rings is 2. The number of nitriles is 1. The number of aryl methyl sites for hydroxylation is 2. The monoisotopic (exact) mass is 454 g/mol. The van der Waals surface area contributed by atoms with Gasteiger partial charge in [0, 0.05) is 18.4 Å². The van der Waals surface area contributed by atoms with Crippen molar-refractivity contribution >= 4 is 5.91 Å². The van der Waals surface area contributed by atoms with E-state index in [2.05, 4.69) is 21.5 Å². The van der Waals surface area contributed by atoms with Gasteiger partial charge in [-0.25, -0.2) is 4.39 Å². The lowest BCUT2D eigenvalue weighted by Gasteiger charge is -2.17. The number of nitrogens with one attached hydrogen (secondary N) is 1. The highest BCUT2D eigenvalue weighted by molar-refractivity contribution is 5.77. The van der Waals surface area contributed by atoms with Crippen molar-refractivity contribution in [3.8, 4) is 34.7 Å². The second kappa shape index (κ2) is 10.5. The van der Waals surface area contributed by atoms with Crippen LogP contribution in [-0.4, -0.2) is 37.4 Å². The molecule has 0 bridgehead atoms. The third-order valence-corrected chi connectivity index (χ3v) is 4.92. The van der Waals surface area contributed by atoms with Gasteiger partial charge in [-0.3, -0.25) is 4.79 Å². The molecule has 9 nitrogen and oxygen atoms in total. The molecule has 0 radical (unpaired) electrons. The standard InChI is InChI=1S/C23H23FN4O5/c1-13-5-6-14(9-16(13)24)23-27-21(33-28-23)8-7-20(29)26-17(12-25)15-10-18(30-2)22(32-4)19(11-15)31-3/h5-6,9-11,17H,7-8H2,1-4H3,(H,26,29). The summed E-state index contributed by atoms with van der Waals surface area (Å²) in [6.45, 7) is 1.66. The molecule has 0 saturated heterocycles. The fourth-order valence-corrected chi connectivity index (χ4v) is 3.12. The molecule has 3 rings (SSSR count). The van der Waals surface area contributed by atoms with Crippen LogP contribution >= 0.6 is 0 Å². The topological polar surface area (TPSA) is 120 Å². The summed E-state index contributed by atoms with van der Waals surface area (Å²) in [6, 6.07) is 8.94. The molecule has 1 aromatic heterocycles. The van der Waals surface area contributed by atoms with Crippen LogP contribution in [0.1, 0.15) is 29.5 Å². The average molecular weight is 454 g/mol. The largest absolute Gasteiger partial charge is 0.493 e. The van der Waals surface area contributed by atoms with Crippen LogP contribution in [0.4, 0.5) is 4.39 Å². The van der Waals surface area contributed by atoms with Gasteiger partial charge in [0.25, 0.3) is 0 Å². The lowest BCUT2D eigenvalue weighted by Crippen LogP contribution is -2.27. The van der Waals surface area contributed by atoms with E-state index in [0.29, 0.717) is 33.9 Å². The maximum Gasteiger partial charge on any atom is 0.227 e. The van der Waals surface area contributed by atoms with Crippen LogP contribution < -0.4 is 19.5 Å². The first-order chi connectivity index (χ1) is 15.9. The van der Waals surface area contributed by atoms with Gasteiger partial charge in [0.15, 0.2) is 11.5 Å². The number of amides is 1. The average Bonchev–Trinajstić information content (AvgIpc) is 3.31. The van der Waals surface area contributed by atoms with Crippen molar-refractivity contribution in [2.75, 3.05) is 21.3 Å². The maximum atomic E-state index is 13.8. The Kier molecular flexibility index (Phi) is 7.46. The van der Waals surface area contributed by atoms with Crippen LogP contribution in [0.2, 0.25) is 0 Å². The van der Waals surface area contributed by atoms with E-state index in [1.165, 1.54) is 27.4 Å². The number of carbonyl (C=O) groups excluding carboxylic acids is 1. The highest BCUT2D eigenvalue weighted by atomic mass is 19.1. The van der Waals surface area contributed by atoms with Crippen molar-refractivity contribution in [3.63, 3.8) is 0 Å². The van der Waals surface area contributed by atoms with Crippen LogP contribution in [0.5, 0.6) is 17.2 Å². The Morgan fingerprint density at radius 2 is 1.88 bits per heavy atom. The van der Waals surface area contributed by atoms with Gasteiger partial charge in [-0.1, -0.05) is 17.3 Å². The molecule has 0 aliphatic heterocycles. The molecule has 0 aliphatic rings. The Morgan fingerprint density at radius 1 is 1.18 bits per heavy atom. The minimum atomic E-state index is -0.944. The third-order valence-electron chi connectivity index (χ3n) is 4.92. The molecule has 1 N–H and O–H groups in total. The van der Waals surface area contributed by atoms with Crippen LogP contribution in [0.25, 0.3) is 11.4 Å². The summed E-state index contributed by atoms with van der Waals surface area (Å²) in [4.78, 5) is 16.7. The number of hydrogen-bond donors (Lipinski definition) is 1. The summed E-state index contributed by atoms with van der Waals surface area (Å²) in [7, 11) is 4.40. The Labute approximate surface area is 190 Å². The number of aromatic nitrogens is 2. The van der Waals surface area contributed by atoms with Gasteiger partial charge in [-0.2, -0.15) is 10.2 Å². The SMILES string of the molecule is COc1cc(C(C#N)NC(=O)CCc2nc(-c3ccc(C)c(F)c3)no2)cc(OC)c1OC. The van der Waals surface area contributed by atoms with E-state index in [-0.39, 0.29) is 30.4 Å². The zero-order valence-electron chi connectivity index (χ0n) is 18.6. The Morgan fingerprint density at radius 3 is 2.45 bits per heavy atom. The fourth-order valence-electron chi connectivity index (χ4n) is 3.12. The zero-order chi connectivity index (χ0) is 24.0. The lowest BCUT2D eigenvalue weighted by molar-refractivity contribution is -0.121. The first kappa shape index (κ1) is 23.5. The second-order valence-electron chi connectivity index (χ2n) is 7.06. The molecular weight excluding hydrogens is 431 g/mol. The van der Waals surface area contributed by atoms with E-state index in [9.17, 15) is 14.4 Å². The molecule has 172 valence electrons. The summed E-state index contributed by atoms with van der Waals surface area (Å²) in [6.07, 6.45) is 0.160. The van der Waals surface area contributed by atoms with Crippen LogP contribution in [0.15, 0.2) is 34.9 Å². The summed E-state index contributed by atoms with van der Waals surface area (Å²) in [5, 5.41) is 16.1. The number of hydrogen-bond acceptors (Lipinski definition) is 8. The highest BCUT2D eigenvalue weighted by Crippen LogP contribution is 2.39. The van der Waals surface area contributed by atoms with Crippen LogP contribution in [-0.2, 0) is 11.2 Å². The predicted octanol–water partition coefficient (Wildman–Crippen LogP) is 3.52. The molecule has 2 aromatic carbocycles. The minimum Gasteiger partial charge on any atom is -0.493 e. The van der Waals surface area contributed by atoms with Crippen molar-refractivity contribution in [2.45, 2.75) is 25.8 Å². The maximum absolute atomic E-state index is 13.8. The van der Waals surface area contributed by atoms with Gasteiger partial charge >= 0.3 is 0 Å². The summed E-state index contributed by atoms with van der Waals surface area (Å²) in [5.41, 5.74) is 1.46. The number of methoxy groups -OCH3 is 3. The van der Waals surface area contributed by atoms with Crippen LogP contribution in [0, 0.1) is 24.1 Å². The fraction of sp³-hybridized carbons (Fsp3) is 0.304.